The highest BCUT2D eigenvalue weighted by Gasteiger charge is 2.49. The third kappa shape index (κ3) is 7.91. The average molecular weight is 592 g/mol. The van der Waals surface area contributed by atoms with Crippen molar-refractivity contribution < 1.29 is 27.6 Å². The van der Waals surface area contributed by atoms with E-state index >= 15 is 0 Å². The van der Waals surface area contributed by atoms with Crippen LogP contribution in [0.25, 0.3) is 10.4 Å². The number of carbonyl (C=O) groups excluding carboxylic acids is 2. The van der Waals surface area contributed by atoms with Crippen LogP contribution in [0.5, 0.6) is 0 Å². The minimum Gasteiger partial charge on any atom is -0.350 e. The van der Waals surface area contributed by atoms with E-state index in [1.54, 1.807) is 0 Å². The molecule has 1 aromatic heterocycles. The molecule has 2 aromatic rings. The molecule has 11 heteroatoms. The summed E-state index contributed by atoms with van der Waals surface area (Å²) in [5, 5.41) is 6.10. The molecular formula is C29H41N3O6S2. The van der Waals surface area contributed by atoms with Gasteiger partial charge in [-0.25, -0.2) is 18.7 Å². The number of hydrogen-bond acceptors (Lipinski definition) is 8. The monoisotopic (exact) mass is 591 g/mol. The lowest BCUT2D eigenvalue weighted by atomic mass is 9.94. The van der Waals surface area contributed by atoms with Crippen LogP contribution in [-0.2, 0) is 33.7 Å². The zero-order chi connectivity index (χ0) is 28.4. The Bertz CT molecular complexity index is 1240. The molecule has 0 radical (unpaired) electrons. The van der Waals surface area contributed by atoms with Crippen LogP contribution in [-0.4, -0.2) is 52.0 Å². The number of rotatable bonds is 13. The van der Waals surface area contributed by atoms with Crippen molar-refractivity contribution in [3.8, 4) is 10.4 Å². The lowest BCUT2D eigenvalue weighted by Crippen LogP contribution is -2.45. The van der Waals surface area contributed by atoms with Crippen molar-refractivity contribution in [2.45, 2.75) is 82.2 Å². The Morgan fingerprint density at radius 2 is 1.98 bits per heavy atom. The van der Waals surface area contributed by atoms with Crippen LogP contribution in [0.3, 0.4) is 0 Å². The Morgan fingerprint density at radius 3 is 2.75 bits per heavy atom. The number of unbranched alkanes of at least 4 members (excludes halogenated alkanes) is 2. The molecule has 2 atom stereocenters. The van der Waals surface area contributed by atoms with E-state index in [1.807, 2.05) is 36.4 Å². The predicted molar refractivity (Wildman–Crippen MR) is 158 cm³/mol. The smallest absolute Gasteiger partial charge is 0.245 e. The standard InChI is InChI=1S/C29H41N3O6S2/c1-2-3-6-16-30-21-27(34)31-23-11-9-10-22(19-23)24-13-14-25(39-24)29(15-5-8-18-40(29,35)36)20-26(33)32-38-28-12-4-7-17-37-28/h9-11,13-14,19,28,30H,2-8,12,15-18,20-21H2,1H3,(H,31,34)(H,32,33)/t28?,29-/m0/s1. The summed E-state index contributed by atoms with van der Waals surface area (Å²) in [5.41, 5.74) is 4.00. The molecule has 3 heterocycles. The van der Waals surface area contributed by atoms with E-state index in [9.17, 15) is 18.0 Å². The fraction of sp³-hybridized carbons (Fsp3) is 0.586. The Labute approximate surface area is 241 Å². The number of nitrogens with one attached hydrogen (secondary N) is 3. The molecule has 3 N–H and O–H groups in total. The molecule has 2 aliphatic rings. The largest absolute Gasteiger partial charge is 0.350 e. The van der Waals surface area contributed by atoms with Crippen LogP contribution >= 0.6 is 11.3 Å². The van der Waals surface area contributed by atoms with Crippen LogP contribution in [0.15, 0.2) is 36.4 Å². The molecule has 0 spiro atoms. The van der Waals surface area contributed by atoms with Crippen molar-refractivity contribution in [2.75, 3.05) is 30.8 Å². The second kappa shape index (κ2) is 14.5. The van der Waals surface area contributed by atoms with Gasteiger partial charge >= 0.3 is 0 Å². The molecule has 0 saturated carbocycles. The summed E-state index contributed by atoms with van der Waals surface area (Å²) in [5.74, 6) is -0.532. The molecule has 1 unspecified atom stereocenters. The van der Waals surface area contributed by atoms with Gasteiger partial charge in [-0.3, -0.25) is 9.59 Å². The first-order valence-electron chi connectivity index (χ1n) is 14.3. The van der Waals surface area contributed by atoms with E-state index in [4.69, 9.17) is 9.57 Å². The summed E-state index contributed by atoms with van der Waals surface area (Å²) in [4.78, 5) is 32.3. The molecule has 2 saturated heterocycles. The summed E-state index contributed by atoms with van der Waals surface area (Å²) >= 11 is 1.38. The number of amides is 2. The van der Waals surface area contributed by atoms with Gasteiger partial charge in [0.05, 0.1) is 18.7 Å². The van der Waals surface area contributed by atoms with Crippen molar-refractivity contribution in [1.82, 2.24) is 10.8 Å². The van der Waals surface area contributed by atoms with Crippen molar-refractivity contribution in [3.63, 3.8) is 0 Å². The molecule has 2 amide bonds. The molecule has 0 bridgehead atoms. The van der Waals surface area contributed by atoms with Crippen LogP contribution in [0.4, 0.5) is 5.69 Å². The summed E-state index contributed by atoms with van der Waals surface area (Å²) < 4.78 is 31.2. The highest BCUT2D eigenvalue weighted by molar-refractivity contribution is 7.92. The van der Waals surface area contributed by atoms with Gasteiger partial charge in [-0.15, -0.1) is 11.3 Å². The number of hydrogen-bond donors (Lipinski definition) is 3. The molecular weight excluding hydrogens is 550 g/mol. The van der Waals surface area contributed by atoms with E-state index in [2.05, 4.69) is 23.0 Å². The SMILES string of the molecule is CCCCCNCC(=O)Nc1cccc(-c2ccc([C@@]3(CC(=O)NOC4CCCCO4)CCCCS3(=O)=O)s2)c1. The van der Waals surface area contributed by atoms with Crippen LogP contribution in [0.1, 0.15) is 76.0 Å². The second-order valence-corrected chi connectivity index (χ2v) is 14.1. The third-order valence-corrected chi connectivity index (χ3v) is 11.5. The Hall–Kier alpha value is -2.31. The maximum absolute atomic E-state index is 13.5. The number of sulfone groups is 1. The maximum Gasteiger partial charge on any atom is 0.245 e. The Morgan fingerprint density at radius 1 is 1.10 bits per heavy atom. The van der Waals surface area contributed by atoms with Crippen molar-refractivity contribution in [2.24, 2.45) is 0 Å². The van der Waals surface area contributed by atoms with Crippen molar-refractivity contribution in [3.05, 3.63) is 41.3 Å². The summed E-state index contributed by atoms with van der Waals surface area (Å²) in [6.45, 7) is 3.78. The van der Waals surface area contributed by atoms with E-state index in [1.165, 1.54) is 11.3 Å². The first kappa shape index (κ1) is 30.6. The van der Waals surface area contributed by atoms with E-state index < -0.39 is 26.8 Å². The second-order valence-electron chi connectivity index (χ2n) is 10.6. The van der Waals surface area contributed by atoms with Crippen molar-refractivity contribution >= 4 is 38.7 Å². The molecule has 9 nitrogen and oxygen atoms in total. The van der Waals surface area contributed by atoms with Gasteiger partial charge in [0.1, 0.15) is 4.75 Å². The van der Waals surface area contributed by atoms with Gasteiger partial charge in [0.2, 0.25) is 11.8 Å². The summed E-state index contributed by atoms with van der Waals surface area (Å²) in [6.07, 6.45) is 6.90. The van der Waals surface area contributed by atoms with Gasteiger partial charge in [-0.2, -0.15) is 0 Å². The van der Waals surface area contributed by atoms with E-state index in [-0.39, 0.29) is 24.6 Å². The highest BCUT2D eigenvalue weighted by atomic mass is 32.2. The Kier molecular flexibility index (Phi) is 11.1. The number of ether oxygens (including phenoxy) is 1. The number of anilines is 1. The van der Waals surface area contributed by atoms with Gasteiger partial charge < -0.3 is 15.4 Å². The van der Waals surface area contributed by atoms with Gasteiger partial charge in [-0.1, -0.05) is 38.3 Å². The lowest BCUT2D eigenvalue weighted by molar-refractivity contribution is -0.200. The fourth-order valence-corrected chi connectivity index (χ4v) is 9.02. The molecule has 0 aliphatic carbocycles. The van der Waals surface area contributed by atoms with E-state index in [0.717, 1.165) is 55.5 Å². The van der Waals surface area contributed by atoms with Crippen LogP contribution in [0, 0.1) is 0 Å². The first-order valence-corrected chi connectivity index (χ1v) is 16.8. The highest BCUT2D eigenvalue weighted by Crippen LogP contribution is 2.47. The van der Waals surface area contributed by atoms with Gasteiger partial charge in [-0.05, 0) is 68.5 Å². The molecule has 40 heavy (non-hydrogen) atoms. The number of thiophene rings is 1. The van der Waals surface area contributed by atoms with E-state index in [0.29, 0.717) is 36.4 Å². The average Bonchev–Trinajstić information content (AvgIpc) is 3.45. The van der Waals surface area contributed by atoms with Crippen LogP contribution < -0.4 is 16.1 Å². The fourth-order valence-electron chi connectivity index (χ4n) is 5.24. The zero-order valence-corrected chi connectivity index (χ0v) is 24.8. The van der Waals surface area contributed by atoms with Gasteiger partial charge in [0, 0.05) is 28.5 Å². The Balaban J connectivity index is 1.46. The van der Waals surface area contributed by atoms with Gasteiger partial charge in [0.25, 0.3) is 0 Å². The van der Waals surface area contributed by atoms with Crippen molar-refractivity contribution in [1.29, 1.82) is 0 Å². The number of benzene rings is 1. The summed E-state index contributed by atoms with van der Waals surface area (Å²) in [7, 11) is -3.59. The number of hydroxylamine groups is 1. The molecule has 2 fully saturated rings. The molecule has 4 rings (SSSR count). The third-order valence-electron chi connectivity index (χ3n) is 7.46. The topological polar surface area (TPSA) is 123 Å². The number of carbonyl (C=O) groups is 2. The normalized spacial score (nSPS) is 22.5. The molecule has 220 valence electrons. The molecule has 2 aliphatic heterocycles. The maximum atomic E-state index is 13.5. The quantitative estimate of drug-likeness (QED) is 0.224. The first-order chi connectivity index (χ1) is 19.3. The minimum atomic E-state index is -3.59. The zero-order valence-electron chi connectivity index (χ0n) is 23.2. The summed E-state index contributed by atoms with van der Waals surface area (Å²) in [6, 6.07) is 11.2. The predicted octanol–water partition coefficient (Wildman–Crippen LogP) is 4.89. The molecule has 1 aromatic carbocycles. The van der Waals surface area contributed by atoms with Gasteiger partial charge in [0.15, 0.2) is 16.1 Å². The minimum absolute atomic E-state index is 0.0497. The van der Waals surface area contributed by atoms with Crippen LogP contribution in [0.2, 0.25) is 0 Å². The lowest BCUT2D eigenvalue weighted by Gasteiger charge is -2.35.